The first kappa shape index (κ1) is 21.4. The van der Waals surface area contributed by atoms with Gasteiger partial charge in [0.15, 0.2) is 0 Å². The number of nitrogens with one attached hydrogen (secondary N) is 3. The van der Waals surface area contributed by atoms with Gasteiger partial charge in [-0.05, 0) is 42.0 Å². The van der Waals surface area contributed by atoms with Gasteiger partial charge in [0.2, 0.25) is 5.91 Å². The maximum absolute atomic E-state index is 13.2. The van der Waals surface area contributed by atoms with Crippen molar-refractivity contribution in [2.45, 2.75) is 25.3 Å². The minimum atomic E-state index is -1.38. The molecular weight excluding hydrogens is 411 g/mol. The van der Waals surface area contributed by atoms with Gasteiger partial charge in [0, 0.05) is 11.4 Å². The number of carbonyl (C=O) groups is 4. The van der Waals surface area contributed by atoms with Crippen molar-refractivity contribution in [2.75, 3.05) is 13.1 Å². The molecule has 0 spiro atoms. The van der Waals surface area contributed by atoms with Crippen molar-refractivity contribution in [1.29, 1.82) is 0 Å². The Hall–Kier alpha value is -3.27. The van der Waals surface area contributed by atoms with Gasteiger partial charge < -0.3 is 10.6 Å². The molecule has 2 heterocycles. The zero-order valence-electron chi connectivity index (χ0n) is 16.2. The molecule has 2 aromatic rings. The van der Waals surface area contributed by atoms with E-state index in [2.05, 4.69) is 16.0 Å². The molecule has 1 aliphatic rings. The van der Waals surface area contributed by atoms with Crippen molar-refractivity contribution in [3.63, 3.8) is 0 Å². The molecular formula is C20H21FN4O4S. The van der Waals surface area contributed by atoms with Crippen LogP contribution in [0.25, 0.3) is 0 Å². The van der Waals surface area contributed by atoms with Crippen molar-refractivity contribution in [1.82, 2.24) is 20.9 Å². The summed E-state index contributed by atoms with van der Waals surface area (Å²) in [5, 5.41) is 9.19. The molecule has 0 radical (unpaired) electrons. The Balaban J connectivity index is 1.58. The van der Waals surface area contributed by atoms with Crippen LogP contribution in [0.3, 0.4) is 0 Å². The number of urea groups is 2. The molecule has 10 heteroatoms. The first-order chi connectivity index (χ1) is 14.4. The van der Waals surface area contributed by atoms with Gasteiger partial charge in [-0.2, -0.15) is 0 Å². The van der Waals surface area contributed by atoms with Crippen LogP contribution >= 0.6 is 11.3 Å². The van der Waals surface area contributed by atoms with Crippen LogP contribution in [0.2, 0.25) is 0 Å². The lowest BCUT2D eigenvalue weighted by molar-refractivity contribution is -0.135. The Labute approximate surface area is 176 Å². The maximum Gasteiger partial charge on any atom is 0.325 e. The molecule has 1 fully saturated rings. The van der Waals surface area contributed by atoms with Crippen molar-refractivity contribution in [3.8, 4) is 0 Å². The topological polar surface area (TPSA) is 108 Å². The second-order valence-electron chi connectivity index (χ2n) is 6.72. The van der Waals surface area contributed by atoms with Crippen molar-refractivity contribution >= 4 is 35.2 Å². The minimum absolute atomic E-state index is 0.213. The highest BCUT2D eigenvalue weighted by Gasteiger charge is 2.51. The number of hydrogen-bond acceptors (Lipinski definition) is 5. The number of thiophene rings is 1. The monoisotopic (exact) mass is 432 g/mol. The highest BCUT2D eigenvalue weighted by Crippen LogP contribution is 2.32. The average Bonchev–Trinajstić information content (AvgIpc) is 3.31. The third-order valence-corrected chi connectivity index (χ3v) is 5.77. The Morgan fingerprint density at radius 2 is 1.93 bits per heavy atom. The zero-order chi connectivity index (χ0) is 21.7. The van der Waals surface area contributed by atoms with E-state index in [1.54, 1.807) is 18.3 Å². The van der Waals surface area contributed by atoms with Crippen LogP contribution in [0.4, 0.5) is 14.0 Å². The third-order valence-electron chi connectivity index (χ3n) is 4.83. The molecule has 0 saturated carbocycles. The quantitative estimate of drug-likeness (QED) is 0.583. The Morgan fingerprint density at radius 1 is 1.20 bits per heavy atom. The molecule has 1 saturated heterocycles. The summed E-state index contributed by atoms with van der Waals surface area (Å²) >= 11 is 1.56. The van der Waals surface area contributed by atoms with E-state index in [-0.39, 0.29) is 6.42 Å². The SMILES string of the molecule is CCC1(c2ccc(F)cc2)NC(=O)N(CC(=O)NC(=O)NCCc2cccs2)C1=O. The van der Waals surface area contributed by atoms with E-state index in [1.165, 1.54) is 24.3 Å². The number of carbonyl (C=O) groups excluding carboxylic acids is 4. The molecule has 0 aliphatic carbocycles. The summed E-state index contributed by atoms with van der Waals surface area (Å²) < 4.78 is 13.2. The van der Waals surface area contributed by atoms with E-state index in [4.69, 9.17) is 0 Å². The molecule has 30 heavy (non-hydrogen) atoms. The van der Waals surface area contributed by atoms with Gasteiger partial charge in [-0.15, -0.1) is 11.3 Å². The molecule has 0 bridgehead atoms. The van der Waals surface area contributed by atoms with Crippen LogP contribution in [0, 0.1) is 5.82 Å². The summed E-state index contributed by atoms with van der Waals surface area (Å²) in [5.41, 5.74) is -0.965. The Morgan fingerprint density at radius 3 is 2.57 bits per heavy atom. The van der Waals surface area contributed by atoms with Gasteiger partial charge >= 0.3 is 12.1 Å². The summed E-state index contributed by atoms with van der Waals surface area (Å²) in [5.74, 6) is -1.89. The standard InChI is InChI=1S/C20H21FN4O4S/c1-2-20(13-5-7-14(21)8-6-13)17(27)25(19(29)24-20)12-16(26)23-18(28)22-10-9-15-4-3-11-30-15/h3-8,11H,2,9-10,12H2,1H3,(H,24,29)(H2,22,23,26,28). The fraction of sp³-hybridized carbons (Fsp3) is 0.300. The zero-order valence-corrected chi connectivity index (χ0v) is 17.1. The lowest BCUT2D eigenvalue weighted by Gasteiger charge is -2.25. The number of imide groups is 2. The van der Waals surface area contributed by atoms with Gasteiger partial charge in [0.25, 0.3) is 5.91 Å². The molecule has 1 aromatic heterocycles. The average molecular weight is 432 g/mol. The summed E-state index contributed by atoms with van der Waals surface area (Å²) in [4.78, 5) is 51.2. The van der Waals surface area contributed by atoms with Crippen LogP contribution in [0.15, 0.2) is 41.8 Å². The summed E-state index contributed by atoms with van der Waals surface area (Å²) in [6, 6.07) is 7.62. The number of rotatable bonds is 7. The van der Waals surface area contributed by atoms with E-state index in [0.29, 0.717) is 18.5 Å². The molecule has 1 aliphatic heterocycles. The fourth-order valence-corrected chi connectivity index (χ4v) is 3.96. The number of amides is 6. The first-order valence-electron chi connectivity index (χ1n) is 9.36. The number of benzene rings is 1. The normalized spacial score (nSPS) is 18.3. The number of nitrogens with zero attached hydrogens (tertiary/aromatic N) is 1. The smallest absolute Gasteiger partial charge is 0.325 e. The van der Waals surface area contributed by atoms with Crippen molar-refractivity contribution in [3.05, 3.63) is 58.0 Å². The van der Waals surface area contributed by atoms with Crippen LogP contribution in [-0.2, 0) is 21.5 Å². The minimum Gasteiger partial charge on any atom is -0.337 e. The van der Waals surface area contributed by atoms with E-state index in [1.807, 2.05) is 17.5 Å². The van der Waals surface area contributed by atoms with E-state index >= 15 is 0 Å². The summed E-state index contributed by atoms with van der Waals surface area (Å²) in [6.45, 7) is 1.43. The molecule has 1 unspecified atom stereocenters. The lowest BCUT2D eigenvalue weighted by atomic mass is 9.87. The van der Waals surface area contributed by atoms with Gasteiger partial charge in [-0.1, -0.05) is 25.1 Å². The van der Waals surface area contributed by atoms with Crippen LogP contribution in [-0.4, -0.2) is 41.9 Å². The fourth-order valence-electron chi connectivity index (χ4n) is 3.25. The highest BCUT2D eigenvalue weighted by molar-refractivity contribution is 7.09. The Kier molecular flexibility index (Phi) is 6.46. The number of hydrogen-bond donors (Lipinski definition) is 3. The molecule has 1 aromatic carbocycles. The van der Waals surface area contributed by atoms with Gasteiger partial charge in [-0.3, -0.25) is 19.8 Å². The first-order valence-corrected chi connectivity index (χ1v) is 10.2. The number of halogens is 1. The van der Waals surface area contributed by atoms with Gasteiger partial charge in [0.1, 0.15) is 17.9 Å². The second kappa shape index (κ2) is 9.04. The predicted octanol–water partition coefficient (Wildman–Crippen LogP) is 2.11. The predicted molar refractivity (Wildman–Crippen MR) is 108 cm³/mol. The summed E-state index contributed by atoms with van der Waals surface area (Å²) in [7, 11) is 0. The maximum atomic E-state index is 13.2. The van der Waals surface area contributed by atoms with E-state index < -0.39 is 41.8 Å². The molecule has 3 rings (SSSR count). The van der Waals surface area contributed by atoms with Crippen molar-refractivity contribution < 1.29 is 23.6 Å². The van der Waals surface area contributed by atoms with Crippen LogP contribution in [0.5, 0.6) is 0 Å². The lowest BCUT2D eigenvalue weighted by Crippen LogP contribution is -2.47. The molecule has 158 valence electrons. The summed E-state index contributed by atoms with van der Waals surface area (Å²) in [6.07, 6.45) is 0.841. The largest absolute Gasteiger partial charge is 0.337 e. The van der Waals surface area contributed by atoms with E-state index in [9.17, 15) is 23.6 Å². The van der Waals surface area contributed by atoms with Crippen molar-refractivity contribution in [2.24, 2.45) is 0 Å². The molecule has 8 nitrogen and oxygen atoms in total. The Bertz CT molecular complexity index is 948. The van der Waals surface area contributed by atoms with Gasteiger partial charge in [-0.25, -0.2) is 14.0 Å². The third kappa shape index (κ3) is 4.48. The van der Waals surface area contributed by atoms with Gasteiger partial charge in [0.05, 0.1) is 0 Å². The highest BCUT2D eigenvalue weighted by atomic mass is 32.1. The molecule has 6 amide bonds. The van der Waals surface area contributed by atoms with E-state index in [0.717, 1.165) is 9.78 Å². The molecule has 1 atom stereocenters. The van der Waals surface area contributed by atoms with Crippen LogP contribution in [0.1, 0.15) is 23.8 Å². The second-order valence-corrected chi connectivity index (χ2v) is 7.75. The van der Waals surface area contributed by atoms with Crippen LogP contribution < -0.4 is 16.0 Å². The molecule has 3 N–H and O–H groups in total.